The second kappa shape index (κ2) is 6.28. The topological polar surface area (TPSA) is 72.1 Å². The molecule has 23 heavy (non-hydrogen) atoms. The molecule has 1 atom stereocenters. The zero-order chi connectivity index (χ0) is 16.6. The molecule has 1 saturated heterocycles. The van der Waals surface area contributed by atoms with Gasteiger partial charge in [0.05, 0.1) is 17.3 Å². The lowest BCUT2D eigenvalue weighted by Crippen LogP contribution is -2.32. The molecule has 122 valence electrons. The van der Waals surface area contributed by atoms with Crippen LogP contribution in [0.5, 0.6) is 0 Å². The third kappa shape index (κ3) is 3.08. The molecule has 0 aliphatic carbocycles. The Balaban J connectivity index is 1.91. The molecular formula is C16H19ClN4O2. The number of likely N-dealkylation sites (tertiary alicyclic amines) is 1. The summed E-state index contributed by atoms with van der Waals surface area (Å²) in [7, 11) is 0. The molecule has 1 fully saturated rings. The van der Waals surface area contributed by atoms with Gasteiger partial charge in [-0.05, 0) is 19.8 Å². The maximum absolute atomic E-state index is 12.9. The fourth-order valence-electron chi connectivity index (χ4n) is 2.80. The standard InChI is InChI=1S/C16H19ClN4O2/c1-9(2)15-18-8-11(17)14(19-15)16(22)21-6-4-5-13(21)12-7-10(3)23-20-12/h7-9,13H,4-6H2,1-3H3. The van der Waals surface area contributed by atoms with Crippen LogP contribution in [0.15, 0.2) is 16.8 Å². The molecule has 0 spiro atoms. The van der Waals surface area contributed by atoms with E-state index in [0.717, 1.165) is 24.3 Å². The average Bonchev–Trinajstić information content (AvgIpc) is 3.15. The summed E-state index contributed by atoms with van der Waals surface area (Å²) in [5.41, 5.74) is 1.04. The van der Waals surface area contributed by atoms with E-state index in [9.17, 15) is 4.79 Å². The second-order valence-electron chi connectivity index (χ2n) is 6.10. The van der Waals surface area contributed by atoms with Crippen molar-refractivity contribution in [2.24, 2.45) is 0 Å². The van der Waals surface area contributed by atoms with E-state index in [2.05, 4.69) is 15.1 Å². The van der Waals surface area contributed by atoms with Gasteiger partial charge in [-0.25, -0.2) is 9.97 Å². The number of hydrogen-bond acceptors (Lipinski definition) is 5. The summed E-state index contributed by atoms with van der Waals surface area (Å²) in [6.07, 6.45) is 3.28. The van der Waals surface area contributed by atoms with Crippen LogP contribution in [-0.4, -0.2) is 32.5 Å². The van der Waals surface area contributed by atoms with Crippen molar-refractivity contribution in [3.05, 3.63) is 40.3 Å². The van der Waals surface area contributed by atoms with Gasteiger partial charge < -0.3 is 9.42 Å². The molecule has 0 N–H and O–H groups in total. The molecule has 1 aliphatic heterocycles. The smallest absolute Gasteiger partial charge is 0.274 e. The monoisotopic (exact) mass is 334 g/mol. The Morgan fingerprint density at radius 1 is 1.48 bits per heavy atom. The minimum absolute atomic E-state index is 0.0894. The molecule has 1 aliphatic rings. The average molecular weight is 335 g/mol. The highest BCUT2D eigenvalue weighted by atomic mass is 35.5. The highest BCUT2D eigenvalue weighted by molar-refractivity contribution is 6.33. The largest absolute Gasteiger partial charge is 0.361 e. The van der Waals surface area contributed by atoms with E-state index in [1.165, 1.54) is 6.20 Å². The van der Waals surface area contributed by atoms with Gasteiger partial charge in [0.1, 0.15) is 17.3 Å². The maximum Gasteiger partial charge on any atom is 0.274 e. The Hall–Kier alpha value is -1.95. The second-order valence-corrected chi connectivity index (χ2v) is 6.51. The third-order valence-electron chi connectivity index (χ3n) is 3.98. The number of carbonyl (C=O) groups is 1. The number of hydrogen-bond donors (Lipinski definition) is 0. The molecule has 3 rings (SSSR count). The van der Waals surface area contributed by atoms with Crippen molar-refractivity contribution in [2.75, 3.05) is 6.54 Å². The third-order valence-corrected chi connectivity index (χ3v) is 4.26. The lowest BCUT2D eigenvalue weighted by atomic mass is 10.1. The zero-order valence-electron chi connectivity index (χ0n) is 13.4. The Morgan fingerprint density at radius 2 is 2.26 bits per heavy atom. The fourth-order valence-corrected chi connectivity index (χ4v) is 2.98. The van der Waals surface area contributed by atoms with Gasteiger partial charge in [-0.2, -0.15) is 0 Å². The van der Waals surface area contributed by atoms with Crippen molar-refractivity contribution in [3.8, 4) is 0 Å². The van der Waals surface area contributed by atoms with Crippen LogP contribution in [-0.2, 0) is 0 Å². The van der Waals surface area contributed by atoms with E-state index >= 15 is 0 Å². The molecule has 6 nitrogen and oxygen atoms in total. The van der Waals surface area contributed by atoms with Gasteiger partial charge in [-0.1, -0.05) is 30.6 Å². The molecule has 2 aromatic rings. The Morgan fingerprint density at radius 3 is 2.91 bits per heavy atom. The number of nitrogens with zero attached hydrogens (tertiary/aromatic N) is 4. The highest BCUT2D eigenvalue weighted by Crippen LogP contribution is 2.33. The number of carbonyl (C=O) groups excluding carboxylic acids is 1. The zero-order valence-corrected chi connectivity index (χ0v) is 14.2. The molecule has 1 amide bonds. The minimum atomic E-state index is -0.178. The molecule has 0 bridgehead atoms. The summed E-state index contributed by atoms with van der Waals surface area (Å²) in [4.78, 5) is 23.3. The van der Waals surface area contributed by atoms with Crippen molar-refractivity contribution < 1.29 is 9.32 Å². The maximum atomic E-state index is 12.9. The number of amides is 1. The van der Waals surface area contributed by atoms with Gasteiger partial charge in [0.2, 0.25) is 0 Å². The van der Waals surface area contributed by atoms with E-state index in [1.807, 2.05) is 26.8 Å². The Bertz CT molecular complexity index is 729. The van der Waals surface area contributed by atoms with Gasteiger partial charge in [0.15, 0.2) is 5.69 Å². The van der Waals surface area contributed by atoms with Crippen molar-refractivity contribution in [1.82, 2.24) is 20.0 Å². The first kappa shape index (κ1) is 15.9. The van der Waals surface area contributed by atoms with Gasteiger partial charge >= 0.3 is 0 Å². The van der Waals surface area contributed by atoms with Crippen molar-refractivity contribution in [2.45, 2.75) is 45.6 Å². The summed E-state index contributed by atoms with van der Waals surface area (Å²) in [5, 5.41) is 4.34. The van der Waals surface area contributed by atoms with Crippen molar-refractivity contribution in [1.29, 1.82) is 0 Å². The molecule has 1 unspecified atom stereocenters. The molecule has 2 aromatic heterocycles. The van der Waals surface area contributed by atoms with E-state index in [1.54, 1.807) is 4.90 Å². The summed E-state index contributed by atoms with van der Waals surface area (Å²) in [6.45, 7) is 6.46. The normalized spacial score (nSPS) is 18.0. The first-order valence-corrected chi connectivity index (χ1v) is 8.11. The van der Waals surface area contributed by atoms with E-state index in [4.69, 9.17) is 16.1 Å². The quantitative estimate of drug-likeness (QED) is 0.858. The van der Waals surface area contributed by atoms with Gasteiger partial charge in [0, 0.05) is 18.5 Å². The van der Waals surface area contributed by atoms with Crippen LogP contribution in [0.3, 0.4) is 0 Å². The Labute approximate surface area is 139 Å². The first-order chi connectivity index (χ1) is 11.0. The van der Waals surface area contributed by atoms with E-state index < -0.39 is 0 Å². The molecule has 0 radical (unpaired) electrons. The van der Waals surface area contributed by atoms with Crippen LogP contribution < -0.4 is 0 Å². The van der Waals surface area contributed by atoms with Gasteiger partial charge in [0.25, 0.3) is 5.91 Å². The molecule has 7 heteroatoms. The number of aromatic nitrogens is 3. The highest BCUT2D eigenvalue weighted by Gasteiger charge is 2.34. The van der Waals surface area contributed by atoms with Crippen LogP contribution in [0.4, 0.5) is 0 Å². The van der Waals surface area contributed by atoms with Crippen LogP contribution in [0.1, 0.15) is 66.4 Å². The Kier molecular flexibility index (Phi) is 4.35. The number of aryl methyl sites for hydroxylation is 1. The van der Waals surface area contributed by atoms with Crippen LogP contribution in [0.25, 0.3) is 0 Å². The van der Waals surface area contributed by atoms with Crippen molar-refractivity contribution >= 4 is 17.5 Å². The predicted octanol–water partition coefficient (Wildman–Crippen LogP) is 3.53. The van der Waals surface area contributed by atoms with Crippen LogP contribution in [0, 0.1) is 6.92 Å². The van der Waals surface area contributed by atoms with E-state index in [-0.39, 0.29) is 28.6 Å². The van der Waals surface area contributed by atoms with Gasteiger partial charge in [-0.3, -0.25) is 4.79 Å². The van der Waals surface area contributed by atoms with Gasteiger partial charge in [-0.15, -0.1) is 0 Å². The van der Waals surface area contributed by atoms with E-state index in [0.29, 0.717) is 12.4 Å². The van der Waals surface area contributed by atoms with Crippen LogP contribution in [0.2, 0.25) is 5.02 Å². The summed E-state index contributed by atoms with van der Waals surface area (Å²) in [5.74, 6) is 1.31. The lowest BCUT2D eigenvalue weighted by Gasteiger charge is -2.23. The van der Waals surface area contributed by atoms with Crippen molar-refractivity contribution in [3.63, 3.8) is 0 Å². The SMILES string of the molecule is Cc1cc(C2CCCN2C(=O)c2nc(C(C)C)ncc2Cl)no1. The number of halogens is 1. The fraction of sp³-hybridized carbons (Fsp3) is 0.500. The molecule has 3 heterocycles. The minimum Gasteiger partial charge on any atom is -0.361 e. The summed E-state index contributed by atoms with van der Waals surface area (Å²) >= 11 is 6.17. The number of rotatable bonds is 3. The summed E-state index contributed by atoms with van der Waals surface area (Å²) in [6, 6.07) is 1.78. The first-order valence-electron chi connectivity index (χ1n) is 7.74. The lowest BCUT2D eigenvalue weighted by molar-refractivity contribution is 0.0724. The summed E-state index contributed by atoms with van der Waals surface area (Å²) < 4.78 is 5.15. The predicted molar refractivity (Wildman–Crippen MR) is 85.4 cm³/mol. The molecular weight excluding hydrogens is 316 g/mol. The molecule has 0 saturated carbocycles. The molecule has 0 aromatic carbocycles. The van der Waals surface area contributed by atoms with Crippen LogP contribution >= 0.6 is 11.6 Å².